The predicted molar refractivity (Wildman–Crippen MR) is 120 cm³/mol. The first-order valence-corrected chi connectivity index (χ1v) is 10.4. The van der Waals surface area contributed by atoms with E-state index in [2.05, 4.69) is 16.3 Å². The summed E-state index contributed by atoms with van der Waals surface area (Å²) in [6.45, 7) is 11.2. The van der Waals surface area contributed by atoms with Gasteiger partial charge in [0.05, 0.1) is 24.4 Å². The van der Waals surface area contributed by atoms with Gasteiger partial charge in [0.2, 0.25) is 0 Å². The van der Waals surface area contributed by atoms with Crippen molar-refractivity contribution in [2.45, 2.75) is 38.9 Å². The zero-order valence-corrected chi connectivity index (χ0v) is 18.1. The summed E-state index contributed by atoms with van der Waals surface area (Å²) in [5.74, 6) is -0.160. The highest BCUT2D eigenvalue weighted by molar-refractivity contribution is 6.62. The molecule has 6 nitrogen and oxygen atoms in total. The molecule has 2 aliphatic rings. The fraction of sp³-hybridized carbons (Fsp3) is 0.435. The Hall–Kier alpha value is -2.35. The Morgan fingerprint density at radius 2 is 1.63 bits per heavy atom. The summed E-state index contributed by atoms with van der Waals surface area (Å²) in [4.78, 5) is 15.2. The molecule has 1 N–H and O–H groups in total. The zero-order chi connectivity index (χ0) is 21.4. The average molecular weight is 408 g/mol. The highest BCUT2D eigenvalue weighted by Gasteiger charge is 2.51. The van der Waals surface area contributed by atoms with Gasteiger partial charge in [0.1, 0.15) is 0 Å². The highest BCUT2D eigenvalue weighted by atomic mass is 16.7. The Bertz CT molecular complexity index is 909. The van der Waals surface area contributed by atoms with Gasteiger partial charge >= 0.3 is 7.12 Å². The average Bonchev–Trinajstić information content (AvgIpc) is 2.96. The predicted octanol–water partition coefficient (Wildman–Crippen LogP) is 3.07. The molecule has 2 heterocycles. The first-order valence-electron chi connectivity index (χ1n) is 10.4. The monoisotopic (exact) mass is 408 g/mol. The summed E-state index contributed by atoms with van der Waals surface area (Å²) < 4.78 is 17.7. The van der Waals surface area contributed by atoms with Gasteiger partial charge in [-0.2, -0.15) is 0 Å². The molecule has 4 rings (SSSR count). The third kappa shape index (κ3) is 4.24. The fourth-order valence-electron chi connectivity index (χ4n) is 3.61. The minimum absolute atomic E-state index is 0.160. The van der Waals surface area contributed by atoms with Gasteiger partial charge in [0, 0.05) is 30.0 Å². The van der Waals surface area contributed by atoms with Gasteiger partial charge in [-0.3, -0.25) is 4.79 Å². The van der Waals surface area contributed by atoms with E-state index in [1.807, 2.05) is 64.1 Å². The molecule has 1 amide bonds. The van der Waals surface area contributed by atoms with Crippen molar-refractivity contribution < 1.29 is 18.8 Å². The Morgan fingerprint density at radius 1 is 0.967 bits per heavy atom. The smallest absolute Gasteiger partial charge is 0.399 e. The molecule has 0 radical (unpaired) electrons. The number of benzene rings is 2. The second kappa shape index (κ2) is 8.06. The summed E-state index contributed by atoms with van der Waals surface area (Å²) in [6, 6.07) is 15.3. The van der Waals surface area contributed by atoms with Crippen LogP contribution < -0.4 is 15.7 Å². The third-order valence-corrected chi connectivity index (χ3v) is 6.15. The molecule has 7 heteroatoms. The van der Waals surface area contributed by atoms with Gasteiger partial charge in [0.15, 0.2) is 0 Å². The zero-order valence-electron chi connectivity index (χ0n) is 18.1. The number of anilines is 2. The van der Waals surface area contributed by atoms with E-state index in [-0.39, 0.29) is 5.91 Å². The Balaban J connectivity index is 1.48. The SMILES string of the molecule is CC1(C)OB(c2cccc(C(=O)Nc3cccc(N4CCOCC4)c3)c2)OC1(C)C. The minimum atomic E-state index is -0.493. The molecule has 0 atom stereocenters. The number of ether oxygens (including phenoxy) is 1. The second-order valence-corrected chi connectivity index (χ2v) is 8.82. The summed E-state index contributed by atoms with van der Waals surface area (Å²) in [5.41, 5.74) is 2.42. The van der Waals surface area contributed by atoms with Crippen LogP contribution in [0.2, 0.25) is 0 Å². The molecular weight excluding hydrogens is 379 g/mol. The molecule has 2 aromatic carbocycles. The van der Waals surface area contributed by atoms with Gasteiger partial charge in [-0.25, -0.2) is 0 Å². The molecule has 0 aromatic heterocycles. The summed E-state index contributed by atoms with van der Waals surface area (Å²) in [6.07, 6.45) is 0. The standard InChI is InChI=1S/C23H29BN2O4/c1-22(2)23(3,4)30-24(29-22)18-8-5-7-17(15-18)21(27)25-19-9-6-10-20(16-19)26-11-13-28-14-12-26/h5-10,15-16H,11-14H2,1-4H3,(H,25,27). The van der Waals surface area contributed by atoms with Crippen LogP contribution in [-0.4, -0.2) is 50.5 Å². The van der Waals surface area contributed by atoms with Crippen LogP contribution in [0.5, 0.6) is 0 Å². The molecule has 2 saturated heterocycles. The lowest BCUT2D eigenvalue weighted by atomic mass is 9.78. The number of morpholine rings is 1. The first-order chi connectivity index (χ1) is 14.2. The van der Waals surface area contributed by atoms with E-state index in [9.17, 15) is 4.79 Å². The van der Waals surface area contributed by atoms with Crippen LogP contribution in [0, 0.1) is 0 Å². The Kier molecular flexibility index (Phi) is 5.62. The molecule has 2 aliphatic heterocycles. The molecule has 0 unspecified atom stereocenters. The number of hydrogen-bond acceptors (Lipinski definition) is 5. The number of hydrogen-bond donors (Lipinski definition) is 1. The van der Waals surface area contributed by atoms with Crippen molar-refractivity contribution in [1.82, 2.24) is 0 Å². The molecule has 30 heavy (non-hydrogen) atoms. The van der Waals surface area contributed by atoms with Crippen molar-refractivity contribution in [2.24, 2.45) is 0 Å². The normalized spacial score (nSPS) is 20.3. The van der Waals surface area contributed by atoms with Gasteiger partial charge in [-0.1, -0.05) is 18.2 Å². The molecule has 2 fully saturated rings. The van der Waals surface area contributed by atoms with Crippen LogP contribution in [0.25, 0.3) is 0 Å². The quantitative estimate of drug-likeness (QED) is 0.789. The van der Waals surface area contributed by atoms with E-state index >= 15 is 0 Å². The van der Waals surface area contributed by atoms with Crippen molar-refractivity contribution in [2.75, 3.05) is 36.5 Å². The first kappa shape index (κ1) is 20.9. The van der Waals surface area contributed by atoms with Crippen LogP contribution >= 0.6 is 0 Å². The lowest BCUT2D eigenvalue weighted by Crippen LogP contribution is -2.41. The molecule has 0 saturated carbocycles. The van der Waals surface area contributed by atoms with Crippen molar-refractivity contribution in [1.29, 1.82) is 0 Å². The van der Waals surface area contributed by atoms with Crippen LogP contribution in [0.1, 0.15) is 38.1 Å². The molecule has 2 aromatic rings. The lowest BCUT2D eigenvalue weighted by Gasteiger charge is -2.32. The largest absolute Gasteiger partial charge is 0.494 e. The van der Waals surface area contributed by atoms with E-state index in [4.69, 9.17) is 14.0 Å². The molecular formula is C23H29BN2O4. The van der Waals surface area contributed by atoms with E-state index in [1.165, 1.54) is 0 Å². The van der Waals surface area contributed by atoms with Gasteiger partial charge in [-0.05, 0) is 63.5 Å². The maximum absolute atomic E-state index is 12.9. The van der Waals surface area contributed by atoms with Gasteiger partial charge in [-0.15, -0.1) is 0 Å². The van der Waals surface area contributed by atoms with Crippen molar-refractivity contribution >= 4 is 29.9 Å². The van der Waals surface area contributed by atoms with Crippen molar-refractivity contribution in [3.63, 3.8) is 0 Å². The van der Waals surface area contributed by atoms with Crippen molar-refractivity contribution in [3.05, 3.63) is 54.1 Å². The van der Waals surface area contributed by atoms with E-state index < -0.39 is 18.3 Å². The minimum Gasteiger partial charge on any atom is -0.399 e. The summed E-state index contributed by atoms with van der Waals surface area (Å²) >= 11 is 0. The Morgan fingerprint density at radius 3 is 2.33 bits per heavy atom. The fourth-order valence-corrected chi connectivity index (χ4v) is 3.61. The number of amides is 1. The second-order valence-electron chi connectivity index (χ2n) is 8.82. The number of carbonyl (C=O) groups excluding carboxylic acids is 1. The summed E-state index contributed by atoms with van der Waals surface area (Å²) in [7, 11) is -0.493. The Labute approximate surface area is 178 Å². The van der Waals surface area contributed by atoms with Crippen LogP contribution in [0.15, 0.2) is 48.5 Å². The maximum atomic E-state index is 12.9. The molecule has 0 spiro atoms. The number of carbonyl (C=O) groups is 1. The van der Waals surface area contributed by atoms with E-state index in [1.54, 1.807) is 6.07 Å². The third-order valence-electron chi connectivity index (χ3n) is 6.15. The van der Waals surface area contributed by atoms with Crippen LogP contribution in [0.3, 0.4) is 0 Å². The van der Waals surface area contributed by atoms with Gasteiger partial charge in [0.25, 0.3) is 5.91 Å². The highest BCUT2D eigenvalue weighted by Crippen LogP contribution is 2.36. The number of nitrogens with one attached hydrogen (secondary N) is 1. The molecule has 158 valence electrons. The number of nitrogens with zero attached hydrogens (tertiary/aromatic N) is 1. The van der Waals surface area contributed by atoms with E-state index in [0.29, 0.717) is 5.56 Å². The summed E-state index contributed by atoms with van der Waals surface area (Å²) in [5, 5.41) is 3.01. The topological polar surface area (TPSA) is 60.0 Å². The van der Waals surface area contributed by atoms with E-state index in [0.717, 1.165) is 43.1 Å². The van der Waals surface area contributed by atoms with Gasteiger partial charge < -0.3 is 24.3 Å². The molecule has 0 bridgehead atoms. The van der Waals surface area contributed by atoms with Crippen LogP contribution in [-0.2, 0) is 14.0 Å². The van der Waals surface area contributed by atoms with Crippen molar-refractivity contribution in [3.8, 4) is 0 Å². The maximum Gasteiger partial charge on any atom is 0.494 e. The number of rotatable bonds is 4. The lowest BCUT2D eigenvalue weighted by molar-refractivity contribution is 0.00578. The van der Waals surface area contributed by atoms with Crippen LogP contribution in [0.4, 0.5) is 11.4 Å². The molecule has 0 aliphatic carbocycles.